The van der Waals surface area contributed by atoms with Crippen LogP contribution in [0.1, 0.15) is 78.1 Å². The van der Waals surface area contributed by atoms with Crippen molar-refractivity contribution >= 4 is 0 Å². The van der Waals surface area contributed by atoms with E-state index in [9.17, 15) is 0 Å². The van der Waals surface area contributed by atoms with Gasteiger partial charge in [0.25, 0.3) is 0 Å². The topological polar surface area (TPSA) is 12.0 Å². The zero-order chi connectivity index (χ0) is 13.9. The Kier molecular flexibility index (Phi) is 9.24. The highest BCUT2D eigenvalue weighted by molar-refractivity contribution is 4.81. The van der Waals surface area contributed by atoms with Gasteiger partial charge in [-0.2, -0.15) is 0 Å². The summed E-state index contributed by atoms with van der Waals surface area (Å²) < 4.78 is 0. The highest BCUT2D eigenvalue weighted by Crippen LogP contribution is 2.32. The van der Waals surface area contributed by atoms with E-state index >= 15 is 0 Å². The van der Waals surface area contributed by atoms with Crippen LogP contribution in [-0.2, 0) is 0 Å². The Morgan fingerprint density at radius 3 is 2.79 bits per heavy atom. The van der Waals surface area contributed by atoms with Gasteiger partial charge in [0.1, 0.15) is 0 Å². The highest BCUT2D eigenvalue weighted by Gasteiger charge is 2.25. The van der Waals surface area contributed by atoms with Gasteiger partial charge in [-0.05, 0) is 56.9 Å². The maximum atomic E-state index is 3.83. The molecule has 3 unspecified atom stereocenters. The molecule has 0 bridgehead atoms. The molecule has 1 N–H and O–H groups in total. The van der Waals surface area contributed by atoms with Gasteiger partial charge < -0.3 is 5.32 Å². The van der Waals surface area contributed by atoms with Crippen molar-refractivity contribution in [1.82, 2.24) is 5.32 Å². The monoisotopic (exact) mass is 265 g/mol. The summed E-state index contributed by atoms with van der Waals surface area (Å²) in [6, 6.07) is 0.784. The Hall–Kier alpha value is -0.300. The fourth-order valence-corrected chi connectivity index (χ4v) is 3.51. The molecule has 3 atom stereocenters. The molecule has 1 saturated carbocycles. The van der Waals surface area contributed by atoms with E-state index in [1.54, 1.807) is 0 Å². The first-order valence-corrected chi connectivity index (χ1v) is 8.62. The first-order chi connectivity index (χ1) is 9.27. The van der Waals surface area contributed by atoms with Gasteiger partial charge >= 0.3 is 0 Å². The third-order valence-electron chi connectivity index (χ3n) is 4.63. The van der Waals surface area contributed by atoms with Crippen LogP contribution >= 0.6 is 0 Å². The highest BCUT2D eigenvalue weighted by atomic mass is 14.9. The second kappa shape index (κ2) is 10.5. The molecule has 1 aliphatic carbocycles. The lowest BCUT2D eigenvalue weighted by Crippen LogP contribution is -2.38. The fraction of sp³-hybridized carbons (Fsp3) is 0.889. The van der Waals surface area contributed by atoms with Crippen LogP contribution in [0.4, 0.5) is 0 Å². The number of hydrogen-bond acceptors (Lipinski definition) is 1. The van der Waals surface area contributed by atoms with E-state index in [0.717, 1.165) is 17.9 Å². The molecule has 0 amide bonds. The van der Waals surface area contributed by atoms with Crippen molar-refractivity contribution in [3.8, 4) is 0 Å². The maximum absolute atomic E-state index is 3.83. The van der Waals surface area contributed by atoms with Crippen molar-refractivity contribution in [2.75, 3.05) is 6.54 Å². The molecule has 0 aromatic rings. The van der Waals surface area contributed by atoms with Crippen molar-refractivity contribution in [3.63, 3.8) is 0 Å². The first-order valence-electron chi connectivity index (χ1n) is 8.62. The van der Waals surface area contributed by atoms with Gasteiger partial charge in [-0.1, -0.05) is 45.6 Å². The van der Waals surface area contributed by atoms with Crippen LogP contribution in [0.25, 0.3) is 0 Å². The van der Waals surface area contributed by atoms with Gasteiger partial charge in [-0.3, -0.25) is 0 Å². The maximum Gasteiger partial charge on any atom is 0.00954 e. The number of nitrogens with one attached hydrogen (secondary N) is 1. The summed E-state index contributed by atoms with van der Waals surface area (Å²) in [7, 11) is 0. The van der Waals surface area contributed by atoms with Gasteiger partial charge in [0.2, 0.25) is 0 Å². The van der Waals surface area contributed by atoms with E-state index in [2.05, 4.69) is 31.8 Å². The minimum absolute atomic E-state index is 0.784. The lowest BCUT2D eigenvalue weighted by molar-refractivity contribution is 0.212. The van der Waals surface area contributed by atoms with E-state index < -0.39 is 0 Å². The van der Waals surface area contributed by atoms with Crippen LogP contribution in [0.5, 0.6) is 0 Å². The predicted molar refractivity (Wildman–Crippen MR) is 86.5 cm³/mol. The lowest BCUT2D eigenvalue weighted by Gasteiger charge is -2.34. The van der Waals surface area contributed by atoms with Crippen LogP contribution in [0.3, 0.4) is 0 Å². The zero-order valence-corrected chi connectivity index (χ0v) is 13.3. The molecular weight excluding hydrogens is 230 g/mol. The molecule has 0 spiro atoms. The minimum Gasteiger partial charge on any atom is -0.314 e. The van der Waals surface area contributed by atoms with Crippen molar-refractivity contribution < 1.29 is 0 Å². The fourth-order valence-electron chi connectivity index (χ4n) is 3.51. The molecule has 1 fully saturated rings. The standard InChI is InChI=1S/C18H35N/c1-4-6-7-8-9-13-18(19-14-5-2)17-12-10-11-16(3)15-17/h4,16-19H,1,5-15H2,2-3H3. The van der Waals surface area contributed by atoms with E-state index in [1.807, 2.05) is 0 Å². The molecule has 0 aromatic heterocycles. The normalized spacial score (nSPS) is 25.2. The first kappa shape index (κ1) is 16.8. The number of rotatable bonds is 10. The summed E-state index contributed by atoms with van der Waals surface area (Å²) >= 11 is 0. The third-order valence-corrected chi connectivity index (χ3v) is 4.63. The van der Waals surface area contributed by atoms with Gasteiger partial charge in [-0.15, -0.1) is 6.58 Å². The van der Waals surface area contributed by atoms with Gasteiger partial charge in [-0.25, -0.2) is 0 Å². The molecule has 0 heterocycles. The summed E-state index contributed by atoms with van der Waals surface area (Å²) in [5.41, 5.74) is 0. The molecule has 0 aliphatic heterocycles. The van der Waals surface area contributed by atoms with Gasteiger partial charge in [0.05, 0.1) is 0 Å². The number of allylic oxidation sites excluding steroid dienone is 1. The summed E-state index contributed by atoms with van der Waals surface area (Å²) in [4.78, 5) is 0. The van der Waals surface area contributed by atoms with Gasteiger partial charge in [0, 0.05) is 6.04 Å². The zero-order valence-electron chi connectivity index (χ0n) is 13.3. The molecule has 1 aliphatic rings. The Bertz CT molecular complexity index is 224. The van der Waals surface area contributed by atoms with E-state index in [-0.39, 0.29) is 0 Å². The molecule has 1 heteroatoms. The summed E-state index contributed by atoms with van der Waals surface area (Å²) in [6.45, 7) is 9.71. The van der Waals surface area contributed by atoms with Gasteiger partial charge in [0.15, 0.2) is 0 Å². The third kappa shape index (κ3) is 7.15. The predicted octanol–water partition coefficient (Wildman–Crippen LogP) is 5.32. The van der Waals surface area contributed by atoms with Crippen molar-refractivity contribution in [3.05, 3.63) is 12.7 Å². The molecule has 19 heavy (non-hydrogen) atoms. The lowest BCUT2D eigenvalue weighted by atomic mass is 9.77. The number of hydrogen-bond donors (Lipinski definition) is 1. The largest absolute Gasteiger partial charge is 0.314 e. The number of unbranched alkanes of at least 4 members (excludes halogenated alkanes) is 3. The van der Waals surface area contributed by atoms with E-state index in [4.69, 9.17) is 0 Å². The summed E-state index contributed by atoms with van der Waals surface area (Å²) in [5, 5.41) is 3.83. The Morgan fingerprint density at radius 2 is 2.11 bits per heavy atom. The molecular formula is C18H35N. The second-order valence-corrected chi connectivity index (χ2v) is 6.52. The molecule has 0 aromatic carbocycles. The second-order valence-electron chi connectivity index (χ2n) is 6.52. The quantitative estimate of drug-likeness (QED) is 0.416. The molecule has 0 radical (unpaired) electrons. The minimum atomic E-state index is 0.784. The van der Waals surface area contributed by atoms with Crippen molar-refractivity contribution in [2.45, 2.75) is 84.1 Å². The van der Waals surface area contributed by atoms with Crippen LogP contribution < -0.4 is 5.32 Å². The SMILES string of the molecule is C=CCCCCCC(NCCC)C1CCCC(C)C1. The summed E-state index contributed by atoms with van der Waals surface area (Å²) in [6.07, 6.45) is 15.8. The molecule has 112 valence electrons. The Morgan fingerprint density at radius 1 is 1.26 bits per heavy atom. The van der Waals surface area contributed by atoms with Crippen LogP contribution in [0, 0.1) is 11.8 Å². The average Bonchev–Trinajstić information content (AvgIpc) is 2.42. The molecule has 0 saturated heterocycles. The van der Waals surface area contributed by atoms with Crippen LogP contribution in [-0.4, -0.2) is 12.6 Å². The molecule has 1 nitrogen and oxygen atoms in total. The smallest absolute Gasteiger partial charge is 0.00954 e. The average molecular weight is 265 g/mol. The Balaban J connectivity index is 2.30. The summed E-state index contributed by atoms with van der Waals surface area (Å²) in [5.74, 6) is 1.89. The van der Waals surface area contributed by atoms with Crippen molar-refractivity contribution in [1.29, 1.82) is 0 Å². The molecule has 1 rings (SSSR count). The van der Waals surface area contributed by atoms with E-state index in [0.29, 0.717) is 0 Å². The Labute approximate surface area is 121 Å². The van der Waals surface area contributed by atoms with Crippen LogP contribution in [0.2, 0.25) is 0 Å². The van der Waals surface area contributed by atoms with E-state index in [1.165, 1.54) is 70.8 Å². The van der Waals surface area contributed by atoms with Crippen molar-refractivity contribution in [2.24, 2.45) is 11.8 Å². The van der Waals surface area contributed by atoms with Crippen LogP contribution in [0.15, 0.2) is 12.7 Å².